The molecule has 0 aliphatic rings. The van der Waals surface area contributed by atoms with Crippen LogP contribution in [0.1, 0.15) is 6.92 Å². The number of rotatable bonds is 6. The van der Waals surface area contributed by atoms with Gasteiger partial charge in [-0.15, -0.1) is 0 Å². The summed E-state index contributed by atoms with van der Waals surface area (Å²) in [6, 6.07) is 0.793. The maximum atomic E-state index is 5.41. The molecule has 68 valence electrons. The molecule has 11 heavy (non-hydrogen) atoms. The first kappa shape index (κ1) is 11.1. The summed E-state index contributed by atoms with van der Waals surface area (Å²) in [5, 5.41) is 2.88. The molecule has 0 unspecified atom stereocenters. The smallest absolute Gasteiger partial charge is 0.377 e. The summed E-state index contributed by atoms with van der Waals surface area (Å²) in [7, 11) is 2.76. The van der Waals surface area contributed by atoms with Crippen LogP contribution in [-0.2, 0) is 13.3 Å². The summed E-state index contributed by atoms with van der Waals surface area (Å²) in [5.41, 5.74) is 0. The minimum absolute atomic E-state index is 0.474. The summed E-state index contributed by atoms with van der Waals surface area (Å²) < 4.78 is 15.8. The van der Waals surface area contributed by atoms with Gasteiger partial charge in [-0.05, 0) is 7.05 Å². The van der Waals surface area contributed by atoms with Crippen molar-refractivity contribution in [2.24, 2.45) is 0 Å². The van der Waals surface area contributed by atoms with Crippen molar-refractivity contribution in [2.75, 3.05) is 28.0 Å². The van der Waals surface area contributed by atoms with Crippen LogP contribution in [0.15, 0.2) is 0 Å². The maximum Gasteiger partial charge on any atom is 0.501 e. The maximum absolute atomic E-state index is 5.41. The Kier molecular flexibility index (Phi) is 5.70. The second-order valence-corrected chi connectivity index (χ2v) is 5.27. The highest BCUT2D eigenvalue weighted by Crippen LogP contribution is 2.11. The highest BCUT2D eigenvalue weighted by atomic mass is 28.4. The minimum atomic E-state index is -2.30. The predicted molar refractivity (Wildman–Crippen MR) is 45.3 cm³/mol. The van der Waals surface area contributed by atoms with Gasteiger partial charge in [0, 0.05) is 20.3 Å². The van der Waals surface area contributed by atoms with Gasteiger partial charge in [0.05, 0.1) is 6.73 Å². The van der Waals surface area contributed by atoms with E-state index < -0.39 is 8.80 Å². The lowest BCUT2D eigenvalue weighted by Gasteiger charge is -2.24. The van der Waals surface area contributed by atoms with Crippen LogP contribution >= 0.6 is 0 Å². The van der Waals surface area contributed by atoms with Crippen LogP contribution in [0.25, 0.3) is 0 Å². The van der Waals surface area contributed by atoms with Crippen molar-refractivity contribution >= 4 is 8.80 Å². The molecule has 1 N–H and O–H groups in total. The van der Waals surface area contributed by atoms with Crippen molar-refractivity contribution in [1.82, 2.24) is 5.32 Å². The Morgan fingerprint density at radius 3 is 2.09 bits per heavy atom. The lowest BCUT2D eigenvalue weighted by Crippen LogP contribution is -2.44. The van der Waals surface area contributed by atoms with E-state index in [2.05, 4.69) is 5.32 Å². The molecule has 4 nitrogen and oxygen atoms in total. The Morgan fingerprint density at radius 2 is 1.82 bits per heavy atom. The van der Waals surface area contributed by atoms with Gasteiger partial charge < -0.3 is 13.3 Å². The number of hydrogen-bond donors (Lipinski definition) is 1. The number of hydrogen-bond acceptors (Lipinski definition) is 4. The molecule has 0 heterocycles. The van der Waals surface area contributed by atoms with Gasteiger partial charge in [0.2, 0.25) is 0 Å². The first-order chi connectivity index (χ1) is 5.24. The van der Waals surface area contributed by atoms with E-state index in [0.717, 1.165) is 6.04 Å². The normalized spacial score (nSPS) is 12.0. The largest absolute Gasteiger partial charge is 0.501 e. The summed E-state index contributed by atoms with van der Waals surface area (Å²) in [6.07, 6.45) is 0. The Morgan fingerprint density at radius 1 is 1.27 bits per heavy atom. The number of nitrogens with one attached hydrogen (secondary N) is 1. The molecule has 0 atom stereocenters. The van der Waals surface area contributed by atoms with Crippen LogP contribution in [0.4, 0.5) is 0 Å². The molecule has 0 radical (unpaired) electrons. The fourth-order valence-corrected chi connectivity index (χ4v) is 2.32. The third kappa shape index (κ3) is 3.30. The predicted octanol–water partition coefficient (Wildman–Crippen LogP) is 0.431. The molecule has 0 saturated carbocycles. The molecule has 5 heteroatoms. The van der Waals surface area contributed by atoms with Gasteiger partial charge in [0.25, 0.3) is 0 Å². The second kappa shape index (κ2) is 5.67. The zero-order valence-corrected chi connectivity index (χ0v) is 8.64. The van der Waals surface area contributed by atoms with E-state index in [1.165, 1.54) is 0 Å². The zero-order valence-electron chi connectivity index (χ0n) is 7.64. The van der Waals surface area contributed by atoms with Crippen LogP contribution in [0.5, 0.6) is 0 Å². The highest BCUT2D eigenvalue weighted by Gasteiger charge is 2.36. The molecule has 0 rings (SSSR count). The molecule has 0 aliphatic carbocycles. The third-order valence-corrected chi connectivity index (χ3v) is 4.19. The van der Waals surface area contributed by atoms with Gasteiger partial charge in [-0.1, -0.05) is 6.92 Å². The SMILES string of the molecule is CC[Si](OC)(OC)OCNC. The van der Waals surface area contributed by atoms with Gasteiger partial charge in [-0.3, -0.25) is 5.32 Å². The van der Waals surface area contributed by atoms with Crippen LogP contribution in [0, 0.1) is 0 Å². The second-order valence-electron chi connectivity index (χ2n) is 2.09. The van der Waals surface area contributed by atoms with Gasteiger partial charge in [0.15, 0.2) is 0 Å². The molecule has 0 fully saturated rings. The fraction of sp³-hybridized carbons (Fsp3) is 1.00. The van der Waals surface area contributed by atoms with E-state index in [1.807, 2.05) is 14.0 Å². The minimum Gasteiger partial charge on any atom is -0.377 e. The lowest BCUT2D eigenvalue weighted by atomic mass is 11.0. The van der Waals surface area contributed by atoms with E-state index in [0.29, 0.717) is 6.73 Å². The zero-order chi connectivity index (χ0) is 8.74. The highest BCUT2D eigenvalue weighted by molar-refractivity contribution is 6.60. The molecule has 0 spiro atoms. The van der Waals surface area contributed by atoms with Crippen LogP contribution in [0.3, 0.4) is 0 Å². The van der Waals surface area contributed by atoms with E-state index in [9.17, 15) is 0 Å². The van der Waals surface area contributed by atoms with Gasteiger partial charge >= 0.3 is 8.80 Å². The fourth-order valence-electron chi connectivity index (χ4n) is 0.774. The van der Waals surface area contributed by atoms with Crippen LogP contribution in [-0.4, -0.2) is 36.8 Å². The Hall–Kier alpha value is 0.0569. The van der Waals surface area contributed by atoms with Crippen molar-refractivity contribution in [3.8, 4) is 0 Å². The standard InChI is InChI=1S/C6H17NO3Si/c1-5-11(8-3,9-4)10-6-7-2/h7H,5-6H2,1-4H3. The van der Waals surface area contributed by atoms with Crippen LogP contribution in [0.2, 0.25) is 6.04 Å². The van der Waals surface area contributed by atoms with E-state index >= 15 is 0 Å². The van der Waals surface area contributed by atoms with Crippen molar-refractivity contribution < 1.29 is 13.3 Å². The molecule has 0 aromatic rings. The summed E-state index contributed by atoms with van der Waals surface area (Å²) in [5.74, 6) is 0. The Bertz CT molecular complexity index is 89.6. The topological polar surface area (TPSA) is 39.7 Å². The van der Waals surface area contributed by atoms with Gasteiger partial charge in [-0.2, -0.15) is 0 Å². The summed E-state index contributed by atoms with van der Waals surface area (Å²) >= 11 is 0. The van der Waals surface area contributed by atoms with Crippen molar-refractivity contribution in [2.45, 2.75) is 13.0 Å². The molecule has 0 saturated heterocycles. The monoisotopic (exact) mass is 179 g/mol. The quantitative estimate of drug-likeness (QED) is 0.474. The molecular formula is C6H17NO3Si. The first-order valence-electron chi connectivity index (χ1n) is 3.63. The van der Waals surface area contributed by atoms with Crippen molar-refractivity contribution in [1.29, 1.82) is 0 Å². The molecule has 0 bridgehead atoms. The van der Waals surface area contributed by atoms with Gasteiger partial charge in [-0.25, -0.2) is 0 Å². The molecule has 0 aromatic heterocycles. The van der Waals surface area contributed by atoms with Crippen molar-refractivity contribution in [3.05, 3.63) is 0 Å². The molecular weight excluding hydrogens is 162 g/mol. The third-order valence-electron chi connectivity index (χ3n) is 1.49. The Balaban J connectivity index is 3.84. The van der Waals surface area contributed by atoms with E-state index in [1.54, 1.807) is 14.2 Å². The van der Waals surface area contributed by atoms with Crippen molar-refractivity contribution in [3.63, 3.8) is 0 Å². The first-order valence-corrected chi connectivity index (χ1v) is 5.56. The molecule has 0 aliphatic heterocycles. The Labute approximate surface area is 69.2 Å². The van der Waals surface area contributed by atoms with E-state index in [-0.39, 0.29) is 0 Å². The average molecular weight is 179 g/mol. The van der Waals surface area contributed by atoms with Crippen LogP contribution < -0.4 is 5.32 Å². The molecule has 0 aromatic carbocycles. The molecule has 0 amide bonds. The lowest BCUT2D eigenvalue weighted by molar-refractivity contribution is 0.0938. The average Bonchev–Trinajstić information content (AvgIpc) is 2.08. The van der Waals surface area contributed by atoms with Gasteiger partial charge in [0.1, 0.15) is 0 Å². The summed E-state index contributed by atoms with van der Waals surface area (Å²) in [4.78, 5) is 0. The van der Waals surface area contributed by atoms with E-state index in [4.69, 9.17) is 13.3 Å². The summed E-state index contributed by atoms with van der Waals surface area (Å²) in [6.45, 7) is 2.47.